The van der Waals surface area contributed by atoms with Gasteiger partial charge in [-0.05, 0) is 18.9 Å². The van der Waals surface area contributed by atoms with Crippen molar-refractivity contribution in [1.29, 1.82) is 0 Å². The largest absolute Gasteiger partial charge is 0.490 e. The van der Waals surface area contributed by atoms with E-state index in [1.54, 1.807) is 6.08 Å². The molecule has 1 aliphatic rings. The summed E-state index contributed by atoms with van der Waals surface area (Å²) < 4.78 is 9.55. The average Bonchev–Trinajstić information content (AvgIpc) is 2.36. The van der Waals surface area contributed by atoms with Gasteiger partial charge in [-0.2, -0.15) is 0 Å². The van der Waals surface area contributed by atoms with E-state index in [1.165, 1.54) is 14.2 Å². The fourth-order valence-electron chi connectivity index (χ4n) is 2.07. The van der Waals surface area contributed by atoms with Crippen LogP contribution >= 0.6 is 0 Å². The van der Waals surface area contributed by atoms with E-state index in [-0.39, 0.29) is 5.76 Å². The molecule has 0 atom stereocenters. The van der Waals surface area contributed by atoms with E-state index >= 15 is 0 Å². The second-order valence-electron chi connectivity index (χ2n) is 4.12. The van der Waals surface area contributed by atoms with Gasteiger partial charge in [0.25, 0.3) is 0 Å². The van der Waals surface area contributed by atoms with Crippen molar-refractivity contribution in [3.05, 3.63) is 11.8 Å². The lowest BCUT2D eigenvalue weighted by molar-refractivity contribution is -0.139. The monoisotopic (exact) mass is 226 g/mol. The van der Waals surface area contributed by atoms with Crippen molar-refractivity contribution in [2.45, 2.75) is 32.1 Å². The molecule has 0 aliphatic heterocycles. The predicted octanol–water partition coefficient (Wildman–Crippen LogP) is 1.84. The Morgan fingerprint density at radius 2 is 1.75 bits per heavy atom. The van der Waals surface area contributed by atoms with Crippen LogP contribution in [-0.2, 0) is 19.1 Å². The van der Waals surface area contributed by atoms with Crippen molar-refractivity contribution >= 4 is 12.3 Å². The van der Waals surface area contributed by atoms with Gasteiger partial charge >= 0.3 is 5.97 Å². The maximum atomic E-state index is 11.3. The number of carbonyl (C=O) groups is 2. The highest BCUT2D eigenvalue weighted by Gasteiger charge is 2.31. The molecule has 0 bridgehead atoms. The van der Waals surface area contributed by atoms with Gasteiger partial charge in [0.05, 0.1) is 14.2 Å². The highest BCUT2D eigenvalue weighted by Crippen LogP contribution is 2.36. The molecule has 16 heavy (non-hydrogen) atoms. The Kier molecular flexibility index (Phi) is 4.52. The maximum Gasteiger partial charge on any atom is 0.372 e. The molecule has 4 nitrogen and oxygen atoms in total. The van der Waals surface area contributed by atoms with Crippen LogP contribution in [0.5, 0.6) is 0 Å². The molecular weight excluding hydrogens is 208 g/mol. The van der Waals surface area contributed by atoms with E-state index < -0.39 is 11.4 Å². The third kappa shape index (κ3) is 2.84. The smallest absolute Gasteiger partial charge is 0.372 e. The summed E-state index contributed by atoms with van der Waals surface area (Å²) in [7, 11) is 2.70. The number of ether oxygens (including phenoxy) is 2. The quantitative estimate of drug-likeness (QED) is 0.317. The number of hydrogen-bond acceptors (Lipinski definition) is 4. The number of methoxy groups -OCH3 is 2. The number of hydrogen-bond donors (Lipinski definition) is 0. The van der Waals surface area contributed by atoms with E-state index in [2.05, 4.69) is 4.74 Å². The van der Waals surface area contributed by atoms with Crippen molar-refractivity contribution in [1.82, 2.24) is 0 Å². The van der Waals surface area contributed by atoms with Crippen LogP contribution in [-0.4, -0.2) is 26.5 Å². The molecule has 1 saturated carbocycles. The molecule has 0 amide bonds. The van der Waals surface area contributed by atoms with E-state index in [4.69, 9.17) is 4.74 Å². The van der Waals surface area contributed by atoms with Gasteiger partial charge in [0.1, 0.15) is 6.29 Å². The lowest BCUT2D eigenvalue weighted by Crippen LogP contribution is -2.25. The fourth-order valence-corrected chi connectivity index (χ4v) is 2.07. The van der Waals surface area contributed by atoms with E-state index in [1.807, 2.05) is 0 Å². The molecule has 1 rings (SSSR count). The van der Waals surface area contributed by atoms with Gasteiger partial charge < -0.3 is 14.3 Å². The number of aldehydes is 1. The zero-order chi connectivity index (χ0) is 12.0. The normalized spacial score (nSPS) is 20.0. The minimum atomic E-state index is -0.544. The van der Waals surface area contributed by atoms with Crippen LogP contribution in [0.4, 0.5) is 0 Å². The summed E-state index contributed by atoms with van der Waals surface area (Å²) in [6.07, 6.45) is 7.25. The summed E-state index contributed by atoms with van der Waals surface area (Å²) in [5.41, 5.74) is -0.544. The Morgan fingerprint density at radius 1 is 1.12 bits per heavy atom. The molecule has 0 spiro atoms. The first-order valence-electron chi connectivity index (χ1n) is 5.49. The molecule has 1 aliphatic carbocycles. The van der Waals surface area contributed by atoms with Gasteiger partial charge in [-0.25, -0.2) is 4.79 Å². The first kappa shape index (κ1) is 12.7. The van der Waals surface area contributed by atoms with E-state index in [0.717, 1.165) is 38.4 Å². The molecule has 0 aromatic carbocycles. The minimum Gasteiger partial charge on any atom is -0.490 e. The molecule has 0 aromatic rings. The first-order valence-corrected chi connectivity index (χ1v) is 5.49. The summed E-state index contributed by atoms with van der Waals surface area (Å²) in [4.78, 5) is 22.5. The first-order chi connectivity index (χ1) is 7.67. The number of esters is 1. The standard InChI is InChI=1S/C12H18O4/c1-15-10(11(14)16-2)8-12(9-13)6-4-3-5-7-12/h8-9H,3-7H2,1-2H3/b10-8+. The van der Waals surface area contributed by atoms with Crippen molar-refractivity contribution < 1.29 is 19.1 Å². The Morgan fingerprint density at radius 3 is 2.19 bits per heavy atom. The van der Waals surface area contributed by atoms with Crippen LogP contribution in [0, 0.1) is 5.41 Å². The van der Waals surface area contributed by atoms with Crippen LogP contribution in [0.3, 0.4) is 0 Å². The van der Waals surface area contributed by atoms with E-state index in [9.17, 15) is 9.59 Å². The molecule has 0 saturated heterocycles. The molecule has 90 valence electrons. The van der Waals surface area contributed by atoms with Crippen molar-refractivity contribution in [3.63, 3.8) is 0 Å². The highest BCUT2D eigenvalue weighted by atomic mass is 16.6. The third-order valence-corrected chi connectivity index (χ3v) is 3.04. The van der Waals surface area contributed by atoms with Crippen LogP contribution in [0.25, 0.3) is 0 Å². The fraction of sp³-hybridized carbons (Fsp3) is 0.667. The molecule has 0 aromatic heterocycles. The Hall–Kier alpha value is -1.32. The zero-order valence-corrected chi connectivity index (χ0v) is 9.82. The lowest BCUT2D eigenvalue weighted by Gasteiger charge is -2.29. The highest BCUT2D eigenvalue weighted by molar-refractivity contribution is 5.87. The topological polar surface area (TPSA) is 52.6 Å². The van der Waals surface area contributed by atoms with Gasteiger partial charge in [0.2, 0.25) is 5.76 Å². The molecule has 0 radical (unpaired) electrons. The van der Waals surface area contributed by atoms with Gasteiger partial charge in [-0.15, -0.1) is 0 Å². The zero-order valence-electron chi connectivity index (χ0n) is 9.82. The summed E-state index contributed by atoms with van der Waals surface area (Å²) >= 11 is 0. The minimum absolute atomic E-state index is 0.122. The summed E-state index contributed by atoms with van der Waals surface area (Å²) in [5, 5.41) is 0. The summed E-state index contributed by atoms with van der Waals surface area (Å²) in [6.45, 7) is 0. The average molecular weight is 226 g/mol. The second-order valence-corrected chi connectivity index (χ2v) is 4.12. The SMILES string of the molecule is COC(=O)/C(=C\C1(C=O)CCCCC1)OC. The third-order valence-electron chi connectivity index (χ3n) is 3.04. The molecule has 0 N–H and O–H groups in total. The molecule has 0 heterocycles. The van der Waals surface area contributed by atoms with Gasteiger partial charge in [-0.1, -0.05) is 19.3 Å². The van der Waals surface area contributed by atoms with Crippen molar-refractivity contribution in [2.24, 2.45) is 5.41 Å². The second kappa shape index (κ2) is 5.68. The van der Waals surface area contributed by atoms with Crippen LogP contribution in [0.1, 0.15) is 32.1 Å². The van der Waals surface area contributed by atoms with Crippen LogP contribution < -0.4 is 0 Å². The predicted molar refractivity (Wildman–Crippen MR) is 58.7 cm³/mol. The number of carbonyl (C=O) groups excluding carboxylic acids is 2. The van der Waals surface area contributed by atoms with Crippen LogP contribution in [0.15, 0.2) is 11.8 Å². The van der Waals surface area contributed by atoms with E-state index in [0.29, 0.717) is 0 Å². The Balaban J connectivity index is 2.90. The maximum absolute atomic E-state index is 11.3. The molecule has 1 fully saturated rings. The van der Waals surface area contributed by atoms with Crippen molar-refractivity contribution in [3.8, 4) is 0 Å². The number of allylic oxidation sites excluding steroid dienone is 1. The Bertz CT molecular complexity index is 287. The van der Waals surface area contributed by atoms with Gasteiger partial charge in [0.15, 0.2) is 0 Å². The van der Waals surface area contributed by atoms with Crippen LogP contribution in [0.2, 0.25) is 0 Å². The Labute approximate surface area is 95.6 Å². The molecule has 4 heteroatoms. The summed E-state index contributed by atoms with van der Waals surface area (Å²) in [6, 6.07) is 0. The molecule has 0 unspecified atom stereocenters. The van der Waals surface area contributed by atoms with Crippen molar-refractivity contribution in [2.75, 3.05) is 14.2 Å². The van der Waals surface area contributed by atoms with Gasteiger partial charge in [-0.3, -0.25) is 0 Å². The lowest BCUT2D eigenvalue weighted by atomic mass is 9.75. The summed E-state index contributed by atoms with van der Waals surface area (Å²) in [5.74, 6) is -0.411. The number of rotatable bonds is 4. The van der Waals surface area contributed by atoms with Gasteiger partial charge in [0, 0.05) is 5.41 Å². The molecular formula is C12H18O4.